The third kappa shape index (κ3) is 2.49. The first kappa shape index (κ1) is 14.4. The van der Waals surface area contributed by atoms with Crippen molar-refractivity contribution < 1.29 is 0 Å². The number of halogens is 1. The van der Waals surface area contributed by atoms with Gasteiger partial charge in [0.05, 0.1) is 11.2 Å². The van der Waals surface area contributed by atoms with Gasteiger partial charge in [-0.25, -0.2) is 5.43 Å². The number of nitrogens with one attached hydrogen (secondary N) is 1. The molecule has 0 aliphatic heterocycles. The summed E-state index contributed by atoms with van der Waals surface area (Å²) in [5.74, 6) is 0.263. The number of rotatable bonds is 2. The molecule has 0 spiro atoms. The summed E-state index contributed by atoms with van der Waals surface area (Å²) in [7, 11) is 1.60. The molecule has 0 amide bonds. The van der Waals surface area contributed by atoms with E-state index < -0.39 is 0 Å². The van der Waals surface area contributed by atoms with Crippen LogP contribution in [0.5, 0.6) is 0 Å². The van der Waals surface area contributed by atoms with Gasteiger partial charge in [-0.05, 0) is 10.8 Å². The Hall–Kier alpha value is -2.59. The largest absolute Gasteiger partial charge is 0.369 e. The van der Waals surface area contributed by atoms with Gasteiger partial charge in [-0.3, -0.25) is 4.99 Å². The van der Waals surface area contributed by atoms with Gasteiger partial charge in [-0.1, -0.05) is 60.1 Å². The summed E-state index contributed by atoms with van der Waals surface area (Å²) in [5.41, 5.74) is 9.27. The Morgan fingerprint density at radius 2 is 1.50 bits per heavy atom. The van der Waals surface area contributed by atoms with E-state index in [9.17, 15) is 0 Å². The smallest absolute Gasteiger partial charge is 0.209 e. The Morgan fingerprint density at radius 1 is 1.00 bits per heavy atom. The van der Waals surface area contributed by atoms with E-state index in [0.717, 1.165) is 32.1 Å². The van der Waals surface area contributed by atoms with Crippen LogP contribution in [0, 0.1) is 0 Å². The van der Waals surface area contributed by atoms with E-state index in [0.29, 0.717) is 0 Å². The van der Waals surface area contributed by atoms with Crippen molar-refractivity contribution in [1.82, 2.24) is 5.43 Å². The molecule has 0 radical (unpaired) electrons. The molecular weight excluding hydrogens is 296 g/mol. The maximum Gasteiger partial charge on any atom is 0.209 e. The average Bonchev–Trinajstić information content (AvgIpc) is 2.57. The molecule has 0 unspecified atom stereocenters. The lowest BCUT2D eigenvalue weighted by molar-refractivity contribution is 1.01. The second-order valence-corrected chi connectivity index (χ2v) is 5.18. The molecular formula is C17H15ClN4. The van der Waals surface area contributed by atoms with E-state index in [1.54, 1.807) is 13.3 Å². The zero-order chi connectivity index (χ0) is 15.5. The molecule has 0 aromatic heterocycles. The molecule has 22 heavy (non-hydrogen) atoms. The first-order valence-electron chi connectivity index (χ1n) is 6.82. The van der Waals surface area contributed by atoms with Crippen molar-refractivity contribution in [3.63, 3.8) is 0 Å². The highest BCUT2D eigenvalue weighted by molar-refractivity contribution is 6.42. The number of guanidine groups is 1. The highest BCUT2D eigenvalue weighted by Gasteiger charge is 2.10. The van der Waals surface area contributed by atoms with Crippen LogP contribution in [0.2, 0.25) is 5.02 Å². The minimum absolute atomic E-state index is 0.263. The Morgan fingerprint density at radius 3 is 2.00 bits per heavy atom. The van der Waals surface area contributed by atoms with Crippen molar-refractivity contribution in [3.05, 3.63) is 59.1 Å². The lowest BCUT2D eigenvalue weighted by Gasteiger charge is -2.10. The van der Waals surface area contributed by atoms with Crippen molar-refractivity contribution >= 4 is 45.3 Å². The fourth-order valence-electron chi connectivity index (χ4n) is 2.46. The number of hydrogen-bond donors (Lipinski definition) is 2. The second kappa shape index (κ2) is 6.03. The Bertz CT molecular complexity index is 843. The van der Waals surface area contributed by atoms with Gasteiger partial charge < -0.3 is 5.73 Å². The van der Waals surface area contributed by atoms with E-state index >= 15 is 0 Å². The van der Waals surface area contributed by atoms with Gasteiger partial charge in [0.15, 0.2) is 0 Å². The minimum Gasteiger partial charge on any atom is -0.369 e. The van der Waals surface area contributed by atoms with E-state index in [4.69, 9.17) is 17.3 Å². The van der Waals surface area contributed by atoms with E-state index in [1.807, 2.05) is 48.5 Å². The van der Waals surface area contributed by atoms with Gasteiger partial charge in [0.2, 0.25) is 5.96 Å². The summed E-state index contributed by atoms with van der Waals surface area (Å²) in [5, 5.41) is 9.02. The van der Waals surface area contributed by atoms with E-state index in [1.165, 1.54) is 0 Å². The van der Waals surface area contributed by atoms with Crippen molar-refractivity contribution in [1.29, 1.82) is 0 Å². The van der Waals surface area contributed by atoms with Crippen LogP contribution in [0.25, 0.3) is 21.5 Å². The quantitative estimate of drug-likeness (QED) is 0.329. The van der Waals surface area contributed by atoms with Crippen molar-refractivity contribution in [2.45, 2.75) is 0 Å². The monoisotopic (exact) mass is 310 g/mol. The molecule has 0 saturated heterocycles. The number of nitrogens with two attached hydrogens (primary N) is 1. The van der Waals surface area contributed by atoms with Crippen LogP contribution in [0.15, 0.2) is 58.6 Å². The summed E-state index contributed by atoms with van der Waals surface area (Å²) in [6, 6.07) is 16.0. The van der Waals surface area contributed by atoms with Crippen molar-refractivity contribution in [3.8, 4) is 0 Å². The summed E-state index contributed by atoms with van der Waals surface area (Å²) >= 11 is 6.55. The van der Waals surface area contributed by atoms with Crippen LogP contribution in [-0.2, 0) is 0 Å². The standard InChI is InChI=1S/C17H15ClN4/c1-20-17(19)22-21-10-15-11-6-2-4-8-13(11)16(18)14-9-5-3-7-12(14)15/h2-10H,1H3,(H3,19,20,22)/b21-10+. The molecule has 110 valence electrons. The molecule has 0 atom stereocenters. The van der Waals surface area contributed by atoms with E-state index in [-0.39, 0.29) is 5.96 Å². The molecule has 0 aliphatic carbocycles. The first-order valence-corrected chi connectivity index (χ1v) is 7.20. The number of nitrogens with zero attached hydrogens (tertiary/aromatic N) is 2. The number of benzene rings is 3. The number of aliphatic imine (C=N–C) groups is 1. The van der Waals surface area contributed by atoms with Crippen LogP contribution in [0.1, 0.15) is 5.56 Å². The minimum atomic E-state index is 0.263. The van der Waals surface area contributed by atoms with Crippen LogP contribution in [0.3, 0.4) is 0 Å². The maximum absolute atomic E-state index is 6.55. The van der Waals surface area contributed by atoms with E-state index in [2.05, 4.69) is 15.5 Å². The van der Waals surface area contributed by atoms with Gasteiger partial charge in [0.1, 0.15) is 0 Å². The van der Waals surface area contributed by atoms with Crippen LogP contribution in [0.4, 0.5) is 0 Å². The second-order valence-electron chi connectivity index (χ2n) is 4.80. The predicted octanol–water partition coefficient (Wildman–Crippen LogP) is 3.51. The molecule has 3 aromatic carbocycles. The van der Waals surface area contributed by atoms with Gasteiger partial charge >= 0.3 is 0 Å². The Kier molecular flexibility index (Phi) is 3.94. The van der Waals surface area contributed by atoms with Crippen LogP contribution < -0.4 is 11.2 Å². The highest BCUT2D eigenvalue weighted by atomic mass is 35.5. The summed E-state index contributed by atoms with van der Waals surface area (Å²) in [6.07, 6.45) is 1.75. The fraction of sp³-hybridized carbons (Fsp3) is 0.0588. The Labute approximate surface area is 133 Å². The van der Waals surface area contributed by atoms with Gasteiger partial charge in [-0.2, -0.15) is 5.10 Å². The lowest BCUT2D eigenvalue weighted by atomic mass is 9.97. The molecule has 3 N–H and O–H groups in total. The SMILES string of the molecule is CN=C(N)N/N=C/c1c2ccccc2c(Cl)c2ccccc12. The molecule has 0 bridgehead atoms. The summed E-state index contributed by atoms with van der Waals surface area (Å²) < 4.78 is 0. The van der Waals surface area contributed by atoms with Gasteiger partial charge in [0.25, 0.3) is 0 Å². The summed E-state index contributed by atoms with van der Waals surface area (Å²) in [6.45, 7) is 0. The van der Waals surface area contributed by atoms with Crippen molar-refractivity contribution in [2.24, 2.45) is 15.8 Å². The number of hydrazone groups is 1. The van der Waals surface area contributed by atoms with Gasteiger partial charge in [0, 0.05) is 23.4 Å². The van der Waals surface area contributed by atoms with Crippen molar-refractivity contribution in [2.75, 3.05) is 7.05 Å². The zero-order valence-electron chi connectivity index (χ0n) is 12.0. The van der Waals surface area contributed by atoms with Gasteiger partial charge in [-0.15, -0.1) is 0 Å². The lowest BCUT2D eigenvalue weighted by Crippen LogP contribution is -2.26. The maximum atomic E-state index is 6.55. The molecule has 3 rings (SSSR count). The van der Waals surface area contributed by atoms with Crippen LogP contribution in [-0.4, -0.2) is 19.2 Å². The topological polar surface area (TPSA) is 62.8 Å². The zero-order valence-corrected chi connectivity index (χ0v) is 12.8. The third-order valence-electron chi connectivity index (χ3n) is 3.52. The molecule has 5 heteroatoms. The average molecular weight is 311 g/mol. The fourth-order valence-corrected chi connectivity index (χ4v) is 2.79. The predicted molar refractivity (Wildman–Crippen MR) is 94.7 cm³/mol. The van der Waals surface area contributed by atoms with Crippen LogP contribution >= 0.6 is 11.6 Å². The first-order chi connectivity index (χ1) is 10.7. The highest BCUT2D eigenvalue weighted by Crippen LogP contribution is 2.35. The number of fused-ring (bicyclic) bond motifs is 2. The molecule has 0 saturated carbocycles. The molecule has 0 fully saturated rings. The molecule has 0 aliphatic rings. The Balaban J connectivity index is 2.27. The normalized spacial score (nSPS) is 12.4. The molecule has 3 aromatic rings. The third-order valence-corrected chi connectivity index (χ3v) is 3.93. The molecule has 4 nitrogen and oxygen atoms in total. The molecule has 0 heterocycles. The summed E-state index contributed by atoms with van der Waals surface area (Å²) in [4.78, 5) is 3.81. The number of hydrogen-bond acceptors (Lipinski definition) is 2.